The van der Waals surface area contributed by atoms with Crippen molar-refractivity contribution >= 4 is 5.71 Å². The van der Waals surface area contributed by atoms with E-state index in [4.69, 9.17) is 12.2 Å². The predicted molar refractivity (Wildman–Crippen MR) is 120 cm³/mol. The third kappa shape index (κ3) is 8.91. The Morgan fingerprint density at radius 2 is 1.74 bits per heavy atom. The zero-order chi connectivity index (χ0) is 21.4. The first-order valence-electron chi connectivity index (χ1n) is 9.68. The third-order valence-electron chi connectivity index (χ3n) is 4.17. The van der Waals surface area contributed by atoms with Gasteiger partial charge in [-0.2, -0.15) is 0 Å². The Balaban J connectivity index is 0.000000503. The molecule has 3 heteroatoms. The van der Waals surface area contributed by atoms with Crippen molar-refractivity contribution in [2.75, 3.05) is 0 Å². The third-order valence-corrected chi connectivity index (χ3v) is 4.17. The molecule has 3 nitrogen and oxygen atoms in total. The van der Waals surface area contributed by atoms with Crippen LogP contribution in [0.15, 0.2) is 35.1 Å². The number of hydrogen-bond acceptors (Lipinski definition) is 3. The average Bonchev–Trinajstić information content (AvgIpc) is 2.54. The lowest BCUT2D eigenvalue weighted by Crippen LogP contribution is -2.16. The topological polar surface area (TPSA) is 51.3 Å². The fraction of sp³-hybridized carbons (Fsp3) is 0.583. The zero-order valence-corrected chi connectivity index (χ0v) is 19.0. The minimum absolute atomic E-state index is 0.0206. The van der Waals surface area contributed by atoms with Crippen LogP contribution in [0.1, 0.15) is 86.4 Å². The predicted octanol–water partition coefficient (Wildman–Crippen LogP) is 5.86. The van der Waals surface area contributed by atoms with Crippen molar-refractivity contribution in [1.29, 1.82) is 0 Å². The molecule has 0 fully saturated rings. The SMILES string of the molecule is C#CC(C)(C)c1cc(C(C)C)ccn1.CC(=NC(C)(C)C)/C(=C\N)C(C)C. The van der Waals surface area contributed by atoms with Gasteiger partial charge in [0.15, 0.2) is 0 Å². The lowest BCUT2D eigenvalue weighted by atomic mass is 9.88. The molecule has 2 N–H and O–H groups in total. The normalized spacial score (nSPS) is 13.3. The first-order valence-corrected chi connectivity index (χ1v) is 9.68. The molecule has 0 aliphatic carbocycles. The molecule has 0 aliphatic rings. The second-order valence-electron chi connectivity index (χ2n) is 9.04. The highest BCUT2D eigenvalue weighted by atomic mass is 14.8. The second kappa shape index (κ2) is 10.3. The van der Waals surface area contributed by atoms with E-state index >= 15 is 0 Å². The molecule has 1 aromatic heterocycles. The van der Waals surface area contributed by atoms with Crippen molar-refractivity contribution in [3.05, 3.63) is 41.4 Å². The van der Waals surface area contributed by atoms with E-state index in [0.29, 0.717) is 11.8 Å². The minimum Gasteiger partial charge on any atom is -0.404 e. The van der Waals surface area contributed by atoms with E-state index in [9.17, 15) is 0 Å². The summed E-state index contributed by atoms with van der Waals surface area (Å²) in [6, 6.07) is 4.14. The van der Waals surface area contributed by atoms with Crippen molar-refractivity contribution < 1.29 is 0 Å². The summed E-state index contributed by atoms with van der Waals surface area (Å²) in [6.07, 6.45) is 8.97. The molecule has 150 valence electrons. The molecule has 27 heavy (non-hydrogen) atoms. The minimum atomic E-state index is -0.273. The molecular formula is C24H39N3. The molecule has 0 saturated carbocycles. The maximum atomic E-state index is 5.55. The van der Waals surface area contributed by atoms with Gasteiger partial charge in [0.25, 0.3) is 0 Å². The highest BCUT2D eigenvalue weighted by Crippen LogP contribution is 2.23. The summed E-state index contributed by atoms with van der Waals surface area (Å²) in [5.74, 6) is 3.72. The van der Waals surface area contributed by atoms with E-state index in [1.54, 1.807) is 6.20 Å². The van der Waals surface area contributed by atoms with Gasteiger partial charge in [-0.25, -0.2) is 0 Å². The Kier molecular flexibility index (Phi) is 9.51. The number of allylic oxidation sites excluding steroid dienone is 1. The van der Waals surface area contributed by atoms with Gasteiger partial charge < -0.3 is 5.73 Å². The number of aliphatic imine (C=N–C) groups is 1. The van der Waals surface area contributed by atoms with E-state index < -0.39 is 0 Å². The largest absolute Gasteiger partial charge is 0.404 e. The summed E-state index contributed by atoms with van der Waals surface area (Å²) >= 11 is 0. The van der Waals surface area contributed by atoms with Gasteiger partial charge in [0, 0.05) is 11.9 Å². The van der Waals surface area contributed by atoms with Gasteiger partial charge in [-0.1, -0.05) is 33.6 Å². The molecule has 0 aromatic carbocycles. The van der Waals surface area contributed by atoms with Crippen LogP contribution in [0.3, 0.4) is 0 Å². The monoisotopic (exact) mass is 369 g/mol. The van der Waals surface area contributed by atoms with Crippen LogP contribution >= 0.6 is 0 Å². The quantitative estimate of drug-likeness (QED) is 0.534. The van der Waals surface area contributed by atoms with Crippen molar-refractivity contribution in [1.82, 2.24) is 4.98 Å². The van der Waals surface area contributed by atoms with Crippen LogP contribution in [0.2, 0.25) is 0 Å². The van der Waals surface area contributed by atoms with E-state index in [1.165, 1.54) is 5.56 Å². The van der Waals surface area contributed by atoms with E-state index in [-0.39, 0.29) is 11.0 Å². The number of nitrogens with zero attached hydrogens (tertiary/aromatic N) is 2. The molecule has 0 radical (unpaired) electrons. The summed E-state index contributed by atoms with van der Waals surface area (Å²) in [4.78, 5) is 8.89. The smallest absolute Gasteiger partial charge is 0.0675 e. The molecule has 0 aliphatic heterocycles. The van der Waals surface area contributed by atoms with Crippen molar-refractivity contribution in [3.8, 4) is 12.3 Å². The Labute approximate surface area is 167 Å². The zero-order valence-electron chi connectivity index (χ0n) is 19.0. The Morgan fingerprint density at radius 3 is 2.11 bits per heavy atom. The Hall–Kier alpha value is -2.08. The summed E-state index contributed by atoms with van der Waals surface area (Å²) in [5, 5.41) is 0. The lowest BCUT2D eigenvalue weighted by Gasteiger charge is -2.18. The van der Waals surface area contributed by atoms with E-state index in [0.717, 1.165) is 17.0 Å². The number of terminal acetylenes is 1. The van der Waals surface area contributed by atoms with Crippen molar-refractivity contribution in [3.63, 3.8) is 0 Å². The van der Waals surface area contributed by atoms with E-state index in [1.807, 2.05) is 33.0 Å². The summed E-state index contributed by atoms with van der Waals surface area (Å²) < 4.78 is 0. The number of hydrogen-bond donors (Lipinski definition) is 1. The standard InChI is InChI=1S/C13H17N.C11H22N2/c1-6-13(4,5)12-9-11(10(2)3)7-8-14-12;1-8(2)10(7-12)9(3)13-11(4,5)6/h1,7-10H,2-5H3;7-8H,12H2,1-6H3/b;10-7-,13-9?. The van der Waals surface area contributed by atoms with Crippen molar-refractivity contribution in [2.45, 2.75) is 86.1 Å². The number of rotatable bonds is 4. The van der Waals surface area contributed by atoms with Crippen LogP contribution < -0.4 is 5.73 Å². The maximum absolute atomic E-state index is 5.55. The highest BCUT2D eigenvalue weighted by Gasteiger charge is 2.19. The van der Waals surface area contributed by atoms with Crippen LogP contribution in [0.4, 0.5) is 0 Å². The summed E-state index contributed by atoms with van der Waals surface area (Å²) in [6.45, 7) is 20.9. The first-order chi connectivity index (χ1) is 12.2. The van der Waals surface area contributed by atoms with Crippen LogP contribution in [-0.4, -0.2) is 16.2 Å². The van der Waals surface area contributed by atoms with Gasteiger partial charge >= 0.3 is 0 Å². The summed E-state index contributed by atoms with van der Waals surface area (Å²) in [7, 11) is 0. The Morgan fingerprint density at radius 1 is 1.19 bits per heavy atom. The molecule has 1 heterocycles. The van der Waals surface area contributed by atoms with Crippen LogP contribution in [-0.2, 0) is 5.41 Å². The first kappa shape index (κ1) is 24.9. The maximum Gasteiger partial charge on any atom is 0.0675 e. The molecular weight excluding hydrogens is 330 g/mol. The molecule has 0 amide bonds. The highest BCUT2D eigenvalue weighted by molar-refractivity contribution is 5.98. The van der Waals surface area contributed by atoms with E-state index in [2.05, 4.69) is 70.4 Å². The molecule has 0 unspecified atom stereocenters. The molecule has 0 saturated heterocycles. The lowest BCUT2D eigenvalue weighted by molar-refractivity contribution is 0.582. The van der Waals surface area contributed by atoms with Crippen LogP contribution in [0, 0.1) is 18.3 Å². The fourth-order valence-electron chi connectivity index (χ4n) is 2.52. The second-order valence-corrected chi connectivity index (χ2v) is 9.04. The Bertz CT molecular complexity index is 693. The molecule has 0 atom stereocenters. The average molecular weight is 370 g/mol. The molecule has 0 spiro atoms. The van der Waals surface area contributed by atoms with Crippen LogP contribution in [0.5, 0.6) is 0 Å². The summed E-state index contributed by atoms with van der Waals surface area (Å²) in [5.41, 5.74) is 9.71. The molecule has 1 aromatic rings. The number of nitrogens with two attached hydrogens (primary N) is 1. The number of pyridine rings is 1. The van der Waals surface area contributed by atoms with Gasteiger partial charge in [0.2, 0.25) is 0 Å². The van der Waals surface area contributed by atoms with Gasteiger partial charge in [0.05, 0.1) is 16.6 Å². The van der Waals surface area contributed by atoms with Gasteiger partial charge in [-0.3, -0.25) is 9.98 Å². The molecule has 0 bridgehead atoms. The fourth-order valence-corrected chi connectivity index (χ4v) is 2.52. The number of aromatic nitrogens is 1. The molecule has 1 rings (SSSR count). The van der Waals surface area contributed by atoms with Gasteiger partial charge in [-0.15, -0.1) is 6.42 Å². The van der Waals surface area contributed by atoms with Gasteiger partial charge in [0.1, 0.15) is 0 Å². The van der Waals surface area contributed by atoms with Crippen LogP contribution in [0.25, 0.3) is 0 Å². The van der Waals surface area contributed by atoms with Crippen molar-refractivity contribution in [2.24, 2.45) is 16.6 Å². The van der Waals surface area contributed by atoms with Gasteiger partial charge in [-0.05, 0) is 82.8 Å².